The van der Waals surface area contributed by atoms with E-state index in [1.807, 2.05) is 11.3 Å². The Hall–Kier alpha value is -2.68. The quantitative estimate of drug-likeness (QED) is 0.399. The molecule has 0 amide bonds. The van der Waals surface area contributed by atoms with Crippen LogP contribution in [-0.2, 0) is 10.0 Å². The number of fused-ring (bicyclic) bond motifs is 3. The summed E-state index contributed by atoms with van der Waals surface area (Å²) in [7, 11) is -3.85. The predicted octanol–water partition coefficient (Wildman–Crippen LogP) is 2.83. The minimum atomic E-state index is -3.85. The molecule has 1 saturated carbocycles. The van der Waals surface area contributed by atoms with Gasteiger partial charge in [-0.05, 0) is 44.7 Å². The lowest BCUT2D eigenvalue weighted by molar-refractivity contribution is 0.150. The summed E-state index contributed by atoms with van der Waals surface area (Å²) in [6.07, 6.45) is 3.91. The van der Waals surface area contributed by atoms with Crippen LogP contribution in [0.2, 0.25) is 0 Å². The molecular weight excluding hydrogens is 498 g/mol. The number of alkyl halides is 2. The van der Waals surface area contributed by atoms with Crippen molar-refractivity contribution in [2.24, 2.45) is 5.73 Å². The molecule has 6 rings (SSSR count). The second-order valence-corrected chi connectivity index (χ2v) is 12.2. The van der Waals surface area contributed by atoms with Crippen LogP contribution in [-0.4, -0.2) is 57.2 Å². The third kappa shape index (κ3) is 3.88. The van der Waals surface area contributed by atoms with Crippen LogP contribution in [0.5, 0.6) is 0 Å². The number of sulfonamides is 1. The number of aromatic nitrogens is 5. The summed E-state index contributed by atoms with van der Waals surface area (Å²) in [5, 5.41) is 7.37. The van der Waals surface area contributed by atoms with Gasteiger partial charge in [0.1, 0.15) is 0 Å². The maximum atomic E-state index is 13.4. The van der Waals surface area contributed by atoms with Crippen LogP contribution in [0, 0.1) is 0 Å². The topological polar surface area (TPSA) is 123 Å². The lowest BCUT2D eigenvalue weighted by Gasteiger charge is -2.33. The van der Waals surface area contributed by atoms with E-state index in [0.29, 0.717) is 35.6 Å². The van der Waals surface area contributed by atoms with E-state index < -0.39 is 27.0 Å². The molecule has 14 heteroatoms. The van der Waals surface area contributed by atoms with Gasteiger partial charge in [-0.15, -0.1) is 10.2 Å². The normalized spacial score (nSPS) is 20.4. The Morgan fingerprint density at radius 1 is 1.29 bits per heavy atom. The van der Waals surface area contributed by atoms with Crippen molar-refractivity contribution >= 4 is 43.9 Å². The van der Waals surface area contributed by atoms with Gasteiger partial charge in [-0.3, -0.25) is 8.97 Å². The molecule has 1 aliphatic heterocycles. The van der Waals surface area contributed by atoms with E-state index in [1.165, 1.54) is 0 Å². The van der Waals surface area contributed by atoms with Gasteiger partial charge in [0.25, 0.3) is 6.43 Å². The number of imidazole rings is 2. The number of halogens is 2. The molecule has 1 unspecified atom stereocenters. The summed E-state index contributed by atoms with van der Waals surface area (Å²) >= 11 is 0.746. The maximum Gasteiger partial charge on any atom is 0.291 e. The molecule has 0 radical (unpaired) electrons. The standard InChI is InChI=1S/C21H24F2N8O2S2/c1-21(4-5-21)28-35(32,33)13-9-14(29-7-2-3-12(24)11-29)16-15(10-13)31(19-25-6-8-30(16)19)20-27-26-18(34-20)17(22)23/h6,8-10,12,17,28H,2-5,7,11,24H2,1H3. The summed E-state index contributed by atoms with van der Waals surface area (Å²) in [6, 6.07) is 3.18. The summed E-state index contributed by atoms with van der Waals surface area (Å²) in [6.45, 7) is 3.16. The Balaban J connectivity index is 1.63. The zero-order valence-corrected chi connectivity index (χ0v) is 20.5. The highest BCUT2D eigenvalue weighted by atomic mass is 32.2. The van der Waals surface area contributed by atoms with Gasteiger partial charge in [-0.2, -0.15) is 0 Å². The smallest absolute Gasteiger partial charge is 0.291 e. The van der Waals surface area contributed by atoms with Crippen LogP contribution in [0.15, 0.2) is 29.4 Å². The third-order valence-electron chi connectivity index (χ3n) is 6.64. The molecule has 4 aromatic rings. The number of piperidine rings is 1. The van der Waals surface area contributed by atoms with Gasteiger partial charge in [0.15, 0.2) is 5.01 Å². The molecule has 186 valence electrons. The summed E-state index contributed by atoms with van der Waals surface area (Å²) in [5.74, 6) is 0.427. The Morgan fingerprint density at radius 3 is 2.77 bits per heavy atom. The molecule has 3 aromatic heterocycles. The van der Waals surface area contributed by atoms with Crippen LogP contribution in [0.4, 0.5) is 14.5 Å². The van der Waals surface area contributed by atoms with Gasteiger partial charge < -0.3 is 10.6 Å². The number of nitrogens with two attached hydrogens (primary N) is 1. The average molecular weight is 523 g/mol. The molecule has 1 atom stereocenters. The summed E-state index contributed by atoms with van der Waals surface area (Å²) < 4.78 is 59.6. The first-order chi connectivity index (χ1) is 16.7. The van der Waals surface area contributed by atoms with Gasteiger partial charge in [-0.25, -0.2) is 26.9 Å². The first kappa shape index (κ1) is 22.8. The number of hydrogen-bond donors (Lipinski definition) is 2. The molecule has 10 nitrogen and oxygen atoms in total. The van der Waals surface area contributed by atoms with Crippen molar-refractivity contribution < 1.29 is 17.2 Å². The first-order valence-corrected chi connectivity index (χ1v) is 13.6. The van der Waals surface area contributed by atoms with E-state index in [4.69, 9.17) is 5.73 Å². The van der Waals surface area contributed by atoms with Crippen molar-refractivity contribution in [2.75, 3.05) is 18.0 Å². The highest BCUT2D eigenvalue weighted by Crippen LogP contribution is 2.39. The van der Waals surface area contributed by atoms with Crippen molar-refractivity contribution in [1.29, 1.82) is 0 Å². The van der Waals surface area contributed by atoms with Gasteiger partial charge in [-0.1, -0.05) is 11.3 Å². The molecule has 4 heterocycles. The fourth-order valence-corrected chi connectivity index (χ4v) is 6.85. The van der Waals surface area contributed by atoms with Gasteiger partial charge >= 0.3 is 0 Å². The fraction of sp³-hybridized carbons (Fsp3) is 0.476. The monoisotopic (exact) mass is 522 g/mol. The third-order valence-corrected chi connectivity index (χ3v) is 9.18. The number of benzene rings is 1. The minimum absolute atomic E-state index is 0.0420. The molecule has 0 bridgehead atoms. The molecule has 35 heavy (non-hydrogen) atoms. The largest absolute Gasteiger partial charge is 0.368 e. The number of hydrogen-bond acceptors (Lipinski definition) is 8. The van der Waals surface area contributed by atoms with E-state index in [9.17, 15) is 17.2 Å². The SMILES string of the molecule is CC1(NS(=O)(=O)c2cc(N3CCCC(N)C3)c3c(c2)n(-c2nnc(C(F)F)s2)c2nccn32)CC1. The zero-order chi connectivity index (χ0) is 24.5. The van der Waals surface area contributed by atoms with Gasteiger partial charge in [0, 0.05) is 37.1 Å². The fourth-order valence-electron chi connectivity index (χ4n) is 4.63. The van der Waals surface area contributed by atoms with E-state index in [2.05, 4.69) is 24.8 Å². The summed E-state index contributed by atoms with van der Waals surface area (Å²) in [4.78, 5) is 6.59. The molecule has 3 N–H and O–H groups in total. The van der Waals surface area contributed by atoms with Crippen LogP contribution in [0.1, 0.15) is 44.0 Å². The molecule has 1 aliphatic carbocycles. The van der Waals surface area contributed by atoms with E-state index in [1.54, 1.807) is 29.1 Å². The number of anilines is 1. The number of nitrogens with zero attached hydrogens (tertiary/aromatic N) is 6. The van der Waals surface area contributed by atoms with Crippen molar-refractivity contribution in [3.05, 3.63) is 29.5 Å². The lowest BCUT2D eigenvalue weighted by atomic mass is 10.1. The Bertz CT molecular complexity index is 1540. The Morgan fingerprint density at radius 2 is 2.09 bits per heavy atom. The predicted molar refractivity (Wildman–Crippen MR) is 128 cm³/mol. The van der Waals surface area contributed by atoms with Crippen LogP contribution < -0.4 is 15.4 Å². The molecule has 2 aliphatic rings. The average Bonchev–Trinajstić information content (AvgIpc) is 3.20. The molecule has 1 aromatic carbocycles. The Kier molecular flexibility index (Phi) is 5.15. The second kappa shape index (κ2) is 7.91. The Labute approximate surface area is 203 Å². The first-order valence-electron chi connectivity index (χ1n) is 11.3. The molecule has 0 spiro atoms. The van der Waals surface area contributed by atoms with Gasteiger partial charge in [0.05, 0.1) is 21.6 Å². The van der Waals surface area contributed by atoms with Gasteiger partial charge in [0.2, 0.25) is 20.9 Å². The van der Waals surface area contributed by atoms with E-state index in [0.717, 1.165) is 37.0 Å². The number of nitrogens with one attached hydrogen (secondary N) is 1. The highest BCUT2D eigenvalue weighted by Gasteiger charge is 2.41. The van der Waals surface area contributed by atoms with Crippen molar-refractivity contribution in [3.63, 3.8) is 0 Å². The molecule has 1 saturated heterocycles. The second-order valence-electron chi connectivity index (χ2n) is 9.48. The van der Waals surface area contributed by atoms with Crippen molar-refractivity contribution in [1.82, 2.24) is 28.9 Å². The van der Waals surface area contributed by atoms with Crippen LogP contribution in [0.25, 0.3) is 21.9 Å². The van der Waals surface area contributed by atoms with Crippen molar-refractivity contribution in [3.8, 4) is 5.13 Å². The van der Waals surface area contributed by atoms with Crippen LogP contribution >= 0.6 is 11.3 Å². The number of rotatable bonds is 6. The lowest BCUT2D eigenvalue weighted by Crippen LogP contribution is -2.43. The minimum Gasteiger partial charge on any atom is -0.368 e. The molecular formula is C21H24F2N8O2S2. The molecule has 2 fully saturated rings. The summed E-state index contributed by atoms with van der Waals surface area (Å²) in [5.41, 5.74) is 7.69. The maximum absolute atomic E-state index is 13.4. The van der Waals surface area contributed by atoms with Crippen molar-refractivity contribution in [2.45, 2.75) is 55.5 Å². The van der Waals surface area contributed by atoms with E-state index in [-0.39, 0.29) is 16.1 Å². The van der Waals surface area contributed by atoms with E-state index >= 15 is 0 Å². The zero-order valence-electron chi connectivity index (χ0n) is 18.9. The van der Waals surface area contributed by atoms with Crippen LogP contribution in [0.3, 0.4) is 0 Å². The highest BCUT2D eigenvalue weighted by molar-refractivity contribution is 7.89.